The summed E-state index contributed by atoms with van der Waals surface area (Å²) in [5, 5.41) is 37.8. The van der Waals surface area contributed by atoms with Gasteiger partial charge in [0.25, 0.3) is 0 Å². The second-order valence-electron chi connectivity index (χ2n) is 6.50. The van der Waals surface area contributed by atoms with Crippen molar-refractivity contribution < 1.29 is 4.74 Å². The van der Waals surface area contributed by atoms with Crippen LogP contribution in [0, 0.1) is 56.7 Å². The summed E-state index contributed by atoms with van der Waals surface area (Å²) in [6.07, 6.45) is 4.68. The summed E-state index contributed by atoms with van der Waals surface area (Å²) >= 11 is 0. The number of ether oxygens (including phenoxy) is 1. The highest BCUT2D eigenvalue weighted by Gasteiger charge is 2.57. The van der Waals surface area contributed by atoms with Crippen molar-refractivity contribution in [3.63, 3.8) is 0 Å². The third-order valence-electron chi connectivity index (χ3n) is 5.40. The molecular weight excluding hydrogens is 312 g/mol. The molecule has 1 aromatic rings. The van der Waals surface area contributed by atoms with Crippen molar-refractivity contribution in [2.45, 2.75) is 25.2 Å². The Balaban J connectivity index is 2.21. The predicted octanol–water partition coefficient (Wildman–Crippen LogP) is 3.71. The molecule has 3 rings (SSSR count). The third kappa shape index (κ3) is 2.39. The molecule has 3 atom stereocenters. The van der Waals surface area contributed by atoms with Gasteiger partial charge in [-0.1, -0.05) is 18.2 Å². The molecular formula is C20H18N4O. The first-order valence-corrected chi connectivity index (χ1v) is 8.28. The van der Waals surface area contributed by atoms with E-state index < -0.39 is 17.3 Å². The Kier molecular flexibility index (Phi) is 4.30. The Labute approximate surface area is 147 Å². The molecule has 0 aromatic heterocycles. The maximum absolute atomic E-state index is 9.88. The first kappa shape index (κ1) is 16.7. The zero-order valence-corrected chi connectivity index (χ0v) is 14.0. The first-order valence-electron chi connectivity index (χ1n) is 8.28. The van der Waals surface area contributed by atoms with Crippen LogP contribution < -0.4 is 4.74 Å². The Morgan fingerprint density at radius 1 is 1.16 bits per heavy atom. The SMILES string of the molecule is COc1ccc([C@@H]2[C@H]3CCCC=C3[C@H](C#N)C(=N)C2(C#N)C#N)cc1. The summed E-state index contributed by atoms with van der Waals surface area (Å²) in [5.74, 6) is -0.597. The average Bonchev–Trinajstić information content (AvgIpc) is 2.67. The van der Waals surface area contributed by atoms with Gasteiger partial charge in [0.2, 0.25) is 0 Å². The highest BCUT2D eigenvalue weighted by atomic mass is 16.5. The van der Waals surface area contributed by atoms with Crippen LogP contribution >= 0.6 is 0 Å². The Morgan fingerprint density at radius 3 is 2.40 bits per heavy atom. The lowest BCUT2D eigenvalue weighted by Gasteiger charge is -2.45. The summed E-state index contributed by atoms with van der Waals surface area (Å²) in [6.45, 7) is 0. The third-order valence-corrected chi connectivity index (χ3v) is 5.40. The van der Waals surface area contributed by atoms with Crippen LogP contribution in [0.15, 0.2) is 35.9 Å². The van der Waals surface area contributed by atoms with Gasteiger partial charge in [-0.2, -0.15) is 15.8 Å². The van der Waals surface area contributed by atoms with Crippen LogP contribution in [0.3, 0.4) is 0 Å². The van der Waals surface area contributed by atoms with E-state index in [-0.39, 0.29) is 11.6 Å². The zero-order valence-electron chi connectivity index (χ0n) is 14.0. The van der Waals surface area contributed by atoms with Crippen molar-refractivity contribution in [1.29, 1.82) is 21.2 Å². The molecule has 1 N–H and O–H groups in total. The molecule has 0 amide bonds. The van der Waals surface area contributed by atoms with Crippen molar-refractivity contribution in [3.8, 4) is 24.0 Å². The fraction of sp³-hybridized carbons (Fsp3) is 0.400. The number of rotatable bonds is 2. The second kappa shape index (κ2) is 6.42. The number of methoxy groups -OCH3 is 1. The molecule has 0 radical (unpaired) electrons. The van der Waals surface area contributed by atoms with E-state index in [0.717, 1.165) is 30.4 Å². The van der Waals surface area contributed by atoms with Gasteiger partial charge in [0.1, 0.15) is 11.7 Å². The van der Waals surface area contributed by atoms with Crippen LogP contribution in [-0.4, -0.2) is 12.8 Å². The quantitative estimate of drug-likeness (QED) is 0.834. The molecule has 0 saturated heterocycles. The van der Waals surface area contributed by atoms with Gasteiger partial charge in [-0.05, 0) is 48.4 Å². The lowest BCUT2D eigenvalue weighted by atomic mass is 9.53. The van der Waals surface area contributed by atoms with Crippen molar-refractivity contribution in [1.82, 2.24) is 0 Å². The first-order chi connectivity index (χ1) is 12.1. The fourth-order valence-electron chi connectivity index (χ4n) is 4.20. The molecule has 0 bridgehead atoms. The van der Waals surface area contributed by atoms with Crippen LogP contribution in [0.4, 0.5) is 0 Å². The van der Waals surface area contributed by atoms with E-state index in [0.29, 0.717) is 5.75 Å². The van der Waals surface area contributed by atoms with E-state index in [9.17, 15) is 15.8 Å². The minimum atomic E-state index is -1.62. The van der Waals surface area contributed by atoms with Crippen molar-refractivity contribution >= 4 is 5.71 Å². The van der Waals surface area contributed by atoms with E-state index in [4.69, 9.17) is 10.1 Å². The highest BCUT2D eigenvalue weighted by Crippen LogP contribution is 2.55. The summed E-state index contributed by atoms with van der Waals surface area (Å²) in [4.78, 5) is 0. The molecule has 1 aromatic carbocycles. The van der Waals surface area contributed by atoms with Crippen molar-refractivity contribution in [2.24, 2.45) is 17.3 Å². The van der Waals surface area contributed by atoms with Crippen LogP contribution in [0.1, 0.15) is 30.7 Å². The maximum Gasteiger partial charge on any atom is 0.189 e. The van der Waals surface area contributed by atoms with Gasteiger partial charge in [0, 0.05) is 5.92 Å². The van der Waals surface area contributed by atoms with Gasteiger partial charge in [-0.15, -0.1) is 0 Å². The maximum atomic E-state index is 9.88. The molecule has 0 aliphatic heterocycles. The number of nitrogens with one attached hydrogen (secondary N) is 1. The molecule has 2 aliphatic carbocycles. The van der Waals surface area contributed by atoms with E-state index in [1.807, 2.05) is 18.2 Å². The molecule has 0 spiro atoms. The van der Waals surface area contributed by atoms with Gasteiger partial charge < -0.3 is 10.1 Å². The molecule has 1 saturated carbocycles. The highest BCUT2D eigenvalue weighted by molar-refractivity contribution is 6.00. The Bertz CT molecular complexity index is 834. The summed E-state index contributed by atoms with van der Waals surface area (Å²) < 4.78 is 5.20. The van der Waals surface area contributed by atoms with Gasteiger partial charge in [-0.25, -0.2) is 0 Å². The minimum absolute atomic E-state index is 0.0693. The van der Waals surface area contributed by atoms with Crippen LogP contribution in [0.2, 0.25) is 0 Å². The van der Waals surface area contributed by atoms with E-state index in [1.54, 1.807) is 19.2 Å². The average molecular weight is 330 g/mol. The molecule has 5 heteroatoms. The molecule has 124 valence electrons. The van der Waals surface area contributed by atoms with Gasteiger partial charge in [0.05, 0.1) is 31.0 Å². The number of allylic oxidation sites excluding steroid dienone is 2. The summed E-state index contributed by atoms with van der Waals surface area (Å²) in [5.41, 5.74) is 0.0303. The molecule has 2 aliphatic rings. The van der Waals surface area contributed by atoms with Gasteiger partial charge >= 0.3 is 0 Å². The lowest BCUT2D eigenvalue weighted by Crippen LogP contribution is -2.48. The predicted molar refractivity (Wildman–Crippen MR) is 91.6 cm³/mol. The molecule has 0 heterocycles. The van der Waals surface area contributed by atoms with Crippen molar-refractivity contribution in [2.75, 3.05) is 7.11 Å². The number of nitriles is 3. The largest absolute Gasteiger partial charge is 0.497 e. The number of hydrogen-bond acceptors (Lipinski definition) is 5. The number of hydrogen-bond donors (Lipinski definition) is 1. The van der Waals surface area contributed by atoms with Crippen LogP contribution in [0.5, 0.6) is 5.75 Å². The standard InChI is InChI=1S/C20H18N4O/c1-25-14-8-6-13(7-9-14)18-16-5-3-2-4-15(16)17(10-21)19(24)20(18,11-22)12-23/h4,6-9,16-18,24H,2-3,5H2,1H3/t16-,17-,18+/m0/s1. The Morgan fingerprint density at radius 2 is 1.84 bits per heavy atom. The van der Waals surface area contributed by atoms with Crippen LogP contribution in [-0.2, 0) is 0 Å². The second-order valence-corrected chi connectivity index (χ2v) is 6.50. The summed E-state index contributed by atoms with van der Waals surface area (Å²) in [6, 6.07) is 13.7. The smallest absolute Gasteiger partial charge is 0.189 e. The number of nitrogens with zero attached hydrogens (tertiary/aromatic N) is 3. The van der Waals surface area contributed by atoms with Gasteiger partial charge in [-0.3, -0.25) is 0 Å². The molecule has 0 unspecified atom stereocenters. The monoisotopic (exact) mass is 330 g/mol. The number of benzene rings is 1. The normalized spacial score (nSPS) is 27.0. The Hall–Kier alpha value is -3.10. The molecule has 1 fully saturated rings. The van der Waals surface area contributed by atoms with Gasteiger partial charge in [0.15, 0.2) is 5.41 Å². The minimum Gasteiger partial charge on any atom is -0.497 e. The molecule has 25 heavy (non-hydrogen) atoms. The van der Waals surface area contributed by atoms with E-state index in [2.05, 4.69) is 18.2 Å². The van der Waals surface area contributed by atoms with E-state index >= 15 is 0 Å². The fourth-order valence-corrected chi connectivity index (χ4v) is 4.20. The summed E-state index contributed by atoms with van der Waals surface area (Å²) in [7, 11) is 1.58. The molecule has 5 nitrogen and oxygen atoms in total. The van der Waals surface area contributed by atoms with Crippen molar-refractivity contribution in [3.05, 3.63) is 41.5 Å². The van der Waals surface area contributed by atoms with Crippen LogP contribution in [0.25, 0.3) is 0 Å². The topological polar surface area (TPSA) is 104 Å². The number of fused-ring (bicyclic) bond motifs is 1. The lowest BCUT2D eigenvalue weighted by molar-refractivity contribution is 0.320. The zero-order chi connectivity index (χ0) is 18.0. The van der Waals surface area contributed by atoms with E-state index in [1.165, 1.54) is 0 Å².